The summed E-state index contributed by atoms with van der Waals surface area (Å²) in [6.07, 6.45) is 7.89. The zero-order valence-corrected chi connectivity index (χ0v) is 12.3. The number of hydrogen-bond donors (Lipinski definition) is 1. The summed E-state index contributed by atoms with van der Waals surface area (Å²) in [7, 11) is 0. The minimum atomic E-state index is 0.766. The predicted octanol–water partition coefficient (Wildman–Crippen LogP) is 3.79. The lowest BCUT2D eigenvalue weighted by Gasteiger charge is -2.37. The third-order valence-corrected chi connectivity index (χ3v) is 4.53. The van der Waals surface area contributed by atoms with Gasteiger partial charge in [0.1, 0.15) is 0 Å². The van der Waals surface area contributed by atoms with E-state index in [1.165, 1.54) is 31.4 Å². The first-order valence-electron chi connectivity index (χ1n) is 6.89. The molecule has 1 N–H and O–H groups in total. The van der Waals surface area contributed by atoms with Crippen LogP contribution in [-0.2, 0) is 0 Å². The highest BCUT2D eigenvalue weighted by Gasteiger charge is 2.29. The molecule has 0 amide bonds. The van der Waals surface area contributed by atoms with Crippen molar-refractivity contribution in [1.82, 2.24) is 5.32 Å². The summed E-state index contributed by atoms with van der Waals surface area (Å²) in [6.45, 7) is 8.22. The number of thioether (sulfide) groups is 1. The number of hydrogen-bond acceptors (Lipinski definition) is 2. The Morgan fingerprint density at radius 3 is 2.31 bits per heavy atom. The molecule has 2 heteroatoms. The summed E-state index contributed by atoms with van der Waals surface area (Å²) in [5, 5.41) is 3.71. The average molecular weight is 243 g/mol. The molecule has 16 heavy (non-hydrogen) atoms. The lowest BCUT2D eigenvalue weighted by atomic mass is 9.73. The molecule has 96 valence electrons. The Hall–Kier alpha value is 0.310. The van der Waals surface area contributed by atoms with E-state index in [2.05, 4.69) is 32.3 Å². The third-order valence-electron chi connectivity index (χ3n) is 3.88. The maximum Gasteiger partial charge on any atom is 0.0103 e. The molecule has 0 spiro atoms. The van der Waals surface area contributed by atoms with Gasteiger partial charge in [-0.3, -0.25) is 0 Å². The molecule has 3 unspecified atom stereocenters. The first kappa shape index (κ1) is 14.4. The van der Waals surface area contributed by atoms with E-state index in [1.54, 1.807) is 0 Å². The van der Waals surface area contributed by atoms with Crippen molar-refractivity contribution in [1.29, 1.82) is 0 Å². The monoisotopic (exact) mass is 243 g/mol. The predicted molar refractivity (Wildman–Crippen MR) is 76.1 cm³/mol. The van der Waals surface area contributed by atoms with Crippen molar-refractivity contribution in [3.05, 3.63) is 0 Å². The van der Waals surface area contributed by atoms with E-state index in [-0.39, 0.29) is 0 Å². The minimum Gasteiger partial charge on any atom is -0.314 e. The van der Waals surface area contributed by atoms with E-state index < -0.39 is 0 Å². The largest absolute Gasteiger partial charge is 0.314 e. The summed E-state index contributed by atoms with van der Waals surface area (Å²) < 4.78 is 0. The zero-order valence-electron chi connectivity index (χ0n) is 11.5. The maximum atomic E-state index is 3.71. The van der Waals surface area contributed by atoms with Crippen LogP contribution in [0.2, 0.25) is 0 Å². The fraction of sp³-hybridized carbons (Fsp3) is 1.00. The van der Waals surface area contributed by atoms with Crippen LogP contribution in [-0.4, -0.2) is 24.6 Å². The molecule has 1 nitrogen and oxygen atoms in total. The number of rotatable bonds is 6. The first-order chi connectivity index (χ1) is 7.67. The van der Waals surface area contributed by atoms with Gasteiger partial charge >= 0.3 is 0 Å². The van der Waals surface area contributed by atoms with Crippen LogP contribution in [0.4, 0.5) is 0 Å². The van der Waals surface area contributed by atoms with Crippen LogP contribution < -0.4 is 5.32 Å². The Bertz CT molecular complexity index is 174. The molecule has 1 saturated carbocycles. The second-order valence-corrected chi connectivity index (χ2v) is 6.61. The molecular weight excluding hydrogens is 214 g/mol. The SMILES string of the molecule is CCNC(CCSC)C1CC(C)CC(C)C1. The lowest BCUT2D eigenvalue weighted by molar-refractivity contribution is 0.175. The molecule has 1 aliphatic rings. The van der Waals surface area contributed by atoms with Crippen molar-refractivity contribution >= 4 is 11.8 Å². The van der Waals surface area contributed by atoms with E-state index in [0.717, 1.165) is 30.3 Å². The highest BCUT2D eigenvalue weighted by molar-refractivity contribution is 7.98. The molecule has 0 aromatic carbocycles. The summed E-state index contributed by atoms with van der Waals surface area (Å²) in [5.41, 5.74) is 0. The minimum absolute atomic E-state index is 0.766. The second-order valence-electron chi connectivity index (χ2n) is 5.62. The van der Waals surface area contributed by atoms with Gasteiger partial charge in [-0.25, -0.2) is 0 Å². The maximum absolute atomic E-state index is 3.71. The van der Waals surface area contributed by atoms with Gasteiger partial charge in [0, 0.05) is 6.04 Å². The van der Waals surface area contributed by atoms with Crippen LogP contribution in [0, 0.1) is 17.8 Å². The van der Waals surface area contributed by atoms with Gasteiger partial charge in [-0.15, -0.1) is 0 Å². The van der Waals surface area contributed by atoms with Crippen LogP contribution in [0.5, 0.6) is 0 Å². The Kier molecular flexibility index (Phi) is 6.83. The zero-order chi connectivity index (χ0) is 12.0. The van der Waals surface area contributed by atoms with Crippen molar-refractivity contribution in [2.45, 2.75) is 52.5 Å². The van der Waals surface area contributed by atoms with Crippen LogP contribution in [0.3, 0.4) is 0 Å². The van der Waals surface area contributed by atoms with Crippen molar-refractivity contribution in [3.63, 3.8) is 0 Å². The normalized spacial score (nSPS) is 32.6. The summed E-state index contributed by atoms with van der Waals surface area (Å²) in [4.78, 5) is 0. The van der Waals surface area contributed by atoms with E-state index >= 15 is 0 Å². The Balaban J connectivity index is 2.47. The Labute approximate surface area is 106 Å². The third kappa shape index (κ3) is 4.67. The quantitative estimate of drug-likeness (QED) is 0.762. The van der Waals surface area contributed by atoms with Gasteiger partial charge in [-0.05, 0) is 62.0 Å². The fourth-order valence-electron chi connectivity index (χ4n) is 3.35. The Morgan fingerprint density at radius 2 is 1.81 bits per heavy atom. The first-order valence-corrected chi connectivity index (χ1v) is 8.29. The highest BCUT2D eigenvalue weighted by Crippen LogP contribution is 2.35. The van der Waals surface area contributed by atoms with Gasteiger partial charge < -0.3 is 5.32 Å². The molecule has 0 bridgehead atoms. The fourth-order valence-corrected chi connectivity index (χ4v) is 3.84. The molecule has 1 fully saturated rings. The van der Waals surface area contributed by atoms with Gasteiger partial charge in [0.2, 0.25) is 0 Å². The van der Waals surface area contributed by atoms with Gasteiger partial charge in [0.05, 0.1) is 0 Å². The average Bonchev–Trinajstić information content (AvgIpc) is 2.22. The Morgan fingerprint density at radius 1 is 1.19 bits per heavy atom. The molecule has 0 aliphatic heterocycles. The molecule has 1 aliphatic carbocycles. The van der Waals surface area contributed by atoms with Gasteiger partial charge in [0.15, 0.2) is 0 Å². The van der Waals surface area contributed by atoms with Gasteiger partial charge in [0.25, 0.3) is 0 Å². The van der Waals surface area contributed by atoms with Crippen LogP contribution in [0.25, 0.3) is 0 Å². The van der Waals surface area contributed by atoms with E-state index in [9.17, 15) is 0 Å². The molecule has 0 aromatic rings. The molecule has 1 rings (SSSR count). The second kappa shape index (κ2) is 7.60. The van der Waals surface area contributed by atoms with Crippen molar-refractivity contribution in [2.75, 3.05) is 18.6 Å². The van der Waals surface area contributed by atoms with E-state index in [4.69, 9.17) is 0 Å². The van der Waals surface area contributed by atoms with Crippen LogP contribution in [0.1, 0.15) is 46.5 Å². The smallest absolute Gasteiger partial charge is 0.0103 e. The molecule has 0 radical (unpaired) electrons. The highest BCUT2D eigenvalue weighted by atomic mass is 32.2. The summed E-state index contributed by atoms with van der Waals surface area (Å²) >= 11 is 1.98. The number of nitrogens with one attached hydrogen (secondary N) is 1. The van der Waals surface area contributed by atoms with Crippen LogP contribution >= 0.6 is 11.8 Å². The van der Waals surface area contributed by atoms with Gasteiger partial charge in [-0.1, -0.05) is 20.8 Å². The summed E-state index contributed by atoms with van der Waals surface area (Å²) in [6, 6.07) is 0.766. The van der Waals surface area contributed by atoms with Crippen LogP contribution in [0.15, 0.2) is 0 Å². The lowest BCUT2D eigenvalue weighted by Crippen LogP contribution is -2.40. The van der Waals surface area contributed by atoms with Crippen molar-refractivity contribution in [2.24, 2.45) is 17.8 Å². The standard InChI is InChI=1S/C14H29NS/c1-5-15-14(6-7-16-4)13-9-11(2)8-12(3)10-13/h11-15H,5-10H2,1-4H3. The van der Waals surface area contributed by atoms with E-state index in [1.807, 2.05) is 11.8 Å². The van der Waals surface area contributed by atoms with Gasteiger partial charge in [-0.2, -0.15) is 11.8 Å². The topological polar surface area (TPSA) is 12.0 Å². The summed E-state index contributed by atoms with van der Waals surface area (Å²) in [5.74, 6) is 4.09. The van der Waals surface area contributed by atoms with Crippen molar-refractivity contribution in [3.8, 4) is 0 Å². The molecule has 3 atom stereocenters. The van der Waals surface area contributed by atoms with E-state index in [0.29, 0.717) is 0 Å². The molecule has 0 aromatic heterocycles. The molecular formula is C14H29NS. The van der Waals surface area contributed by atoms with Crippen molar-refractivity contribution < 1.29 is 0 Å². The molecule has 0 saturated heterocycles. The molecule has 0 heterocycles.